The molecule has 3 nitrogen and oxygen atoms in total. The minimum atomic E-state index is -0.169. The van der Waals surface area contributed by atoms with Crippen molar-refractivity contribution in [1.29, 1.82) is 0 Å². The molecule has 0 spiro atoms. The summed E-state index contributed by atoms with van der Waals surface area (Å²) in [6.07, 6.45) is 0. The average molecular weight is 326 g/mol. The molecule has 1 amide bonds. The summed E-state index contributed by atoms with van der Waals surface area (Å²) in [4.78, 5) is 14.4. The van der Waals surface area contributed by atoms with Crippen molar-refractivity contribution in [2.45, 2.75) is 6.92 Å². The predicted molar refractivity (Wildman–Crippen MR) is 92.9 cm³/mol. The lowest BCUT2D eigenvalue weighted by Gasteiger charge is -2.19. The summed E-state index contributed by atoms with van der Waals surface area (Å²) in [5, 5.41) is 0.594. The number of anilines is 1. The van der Waals surface area contributed by atoms with Crippen LogP contribution in [0.15, 0.2) is 71.1 Å². The first-order valence-corrected chi connectivity index (χ1v) is 7.80. The summed E-state index contributed by atoms with van der Waals surface area (Å²) >= 11 is 6.18. The fourth-order valence-corrected chi connectivity index (χ4v) is 2.67. The van der Waals surface area contributed by atoms with E-state index in [9.17, 15) is 4.79 Å². The second kappa shape index (κ2) is 6.71. The number of carbonyl (C=O) groups is 1. The van der Waals surface area contributed by atoms with Gasteiger partial charge in [0.2, 0.25) is 0 Å². The number of hydrogen-bond acceptors (Lipinski definition) is 2. The van der Waals surface area contributed by atoms with Crippen LogP contribution in [-0.4, -0.2) is 12.5 Å². The SMILES string of the molecule is CCN(C(=O)c1ccc(-c2ccccc2Cl)o1)c1ccccc1. The van der Waals surface area contributed by atoms with Gasteiger partial charge >= 0.3 is 0 Å². The Labute approximate surface area is 140 Å². The molecule has 0 saturated carbocycles. The van der Waals surface area contributed by atoms with Gasteiger partial charge in [-0.2, -0.15) is 0 Å². The molecular formula is C19H16ClNO2. The van der Waals surface area contributed by atoms with Crippen LogP contribution in [0.3, 0.4) is 0 Å². The van der Waals surface area contributed by atoms with Gasteiger partial charge in [-0.1, -0.05) is 41.9 Å². The van der Waals surface area contributed by atoms with Crippen molar-refractivity contribution in [1.82, 2.24) is 0 Å². The second-order valence-electron chi connectivity index (χ2n) is 5.03. The number of amides is 1. The summed E-state index contributed by atoms with van der Waals surface area (Å²) in [5.41, 5.74) is 1.62. The van der Waals surface area contributed by atoms with Crippen LogP contribution in [0.25, 0.3) is 11.3 Å². The molecule has 3 aromatic rings. The van der Waals surface area contributed by atoms with E-state index in [1.165, 1.54) is 0 Å². The number of furan rings is 1. The molecule has 0 aliphatic heterocycles. The number of halogens is 1. The lowest BCUT2D eigenvalue weighted by atomic mass is 10.2. The zero-order valence-electron chi connectivity index (χ0n) is 12.7. The third-order valence-electron chi connectivity index (χ3n) is 3.59. The number of rotatable bonds is 4. The standard InChI is InChI=1S/C19H16ClNO2/c1-2-21(14-8-4-3-5-9-14)19(22)18-13-12-17(23-18)15-10-6-7-11-16(15)20/h3-13H,2H2,1H3. The van der Waals surface area contributed by atoms with Crippen LogP contribution in [0.2, 0.25) is 5.02 Å². The van der Waals surface area contributed by atoms with Crippen LogP contribution in [0, 0.1) is 0 Å². The first-order valence-electron chi connectivity index (χ1n) is 7.42. The Morgan fingerprint density at radius 2 is 1.70 bits per heavy atom. The van der Waals surface area contributed by atoms with Crippen molar-refractivity contribution in [2.75, 3.05) is 11.4 Å². The summed E-state index contributed by atoms with van der Waals surface area (Å²) in [5.74, 6) is 0.714. The van der Waals surface area contributed by atoms with Gasteiger partial charge in [0.1, 0.15) is 5.76 Å². The fourth-order valence-electron chi connectivity index (χ4n) is 2.44. The summed E-state index contributed by atoms with van der Waals surface area (Å²) < 4.78 is 5.74. The minimum absolute atomic E-state index is 0.169. The molecule has 116 valence electrons. The van der Waals surface area contributed by atoms with Crippen molar-refractivity contribution < 1.29 is 9.21 Å². The van der Waals surface area contributed by atoms with E-state index in [-0.39, 0.29) is 5.91 Å². The number of para-hydroxylation sites is 1. The zero-order valence-corrected chi connectivity index (χ0v) is 13.5. The number of benzene rings is 2. The third kappa shape index (κ3) is 3.15. The van der Waals surface area contributed by atoms with Gasteiger partial charge in [0.15, 0.2) is 5.76 Å². The van der Waals surface area contributed by atoms with Crippen LogP contribution in [-0.2, 0) is 0 Å². The number of carbonyl (C=O) groups excluding carboxylic acids is 1. The molecule has 23 heavy (non-hydrogen) atoms. The fraction of sp³-hybridized carbons (Fsp3) is 0.105. The molecule has 3 rings (SSSR count). The predicted octanol–water partition coefficient (Wildman–Crippen LogP) is 5.27. The molecule has 0 saturated heterocycles. The molecule has 0 N–H and O–H groups in total. The molecule has 0 fully saturated rings. The van der Waals surface area contributed by atoms with Gasteiger partial charge in [0.25, 0.3) is 5.91 Å². The quantitative estimate of drug-likeness (QED) is 0.655. The van der Waals surface area contributed by atoms with E-state index in [0.29, 0.717) is 23.1 Å². The van der Waals surface area contributed by atoms with E-state index in [0.717, 1.165) is 11.3 Å². The van der Waals surface area contributed by atoms with Gasteiger partial charge < -0.3 is 9.32 Å². The van der Waals surface area contributed by atoms with Crippen LogP contribution < -0.4 is 4.90 Å². The molecule has 1 aromatic heterocycles. The van der Waals surface area contributed by atoms with Crippen LogP contribution in [0.4, 0.5) is 5.69 Å². The Morgan fingerprint density at radius 1 is 1.00 bits per heavy atom. The van der Waals surface area contributed by atoms with E-state index >= 15 is 0 Å². The molecule has 2 aromatic carbocycles. The van der Waals surface area contributed by atoms with E-state index in [4.69, 9.17) is 16.0 Å². The smallest absolute Gasteiger partial charge is 0.293 e. The highest BCUT2D eigenvalue weighted by molar-refractivity contribution is 6.33. The largest absolute Gasteiger partial charge is 0.451 e. The molecule has 0 unspecified atom stereocenters. The Bertz CT molecular complexity index is 811. The van der Waals surface area contributed by atoms with Gasteiger partial charge in [0, 0.05) is 17.8 Å². The molecular weight excluding hydrogens is 310 g/mol. The molecule has 0 atom stereocenters. The average Bonchev–Trinajstić information content (AvgIpc) is 3.06. The maximum atomic E-state index is 12.7. The third-order valence-corrected chi connectivity index (χ3v) is 3.91. The first kappa shape index (κ1) is 15.4. The van der Waals surface area contributed by atoms with Gasteiger partial charge in [-0.15, -0.1) is 0 Å². The summed E-state index contributed by atoms with van der Waals surface area (Å²) in [6, 6.07) is 20.4. The minimum Gasteiger partial charge on any atom is -0.451 e. The van der Waals surface area contributed by atoms with E-state index in [1.54, 1.807) is 23.1 Å². The molecule has 0 aliphatic rings. The maximum absolute atomic E-state index is 12.7. The van der Waals surface area contributed by atoms with Crippen LogP contribution >= 0.6 is 11.6 Å². The molecule has 1 heterocycles. The summed E-state index contributed by atoms with van der Waals surface area (Å²) in [7, 11) is 0. The highest BCUT2D eigenvalue weighted by atomic mass is 35.5. The molecule has 0 bridgehead atoms. The van der Waals surface area contributed by atoms with E-state index < -0.39 is 0 Å². The first-order chi connectivity index (χ1) is 11.2. The van der Waals surface area contributed by atoms with Gasteiger partial charge in [0.05, 0.1) is 5.02 Å². The summed E-state index contributed by atoms with van der Waals surface area (Å²) in [6.45, 7) is 2.49. The van der Waals surface area contributed by atoms with Gasteiger partial charge in [-0.25, -0.2) is 0 Å². The molecule has 4 heteroatoms. The van der Waals surface area contributed by atoms with Crippen LogP contribution in [0.5, 0.6) is 0 Å². The Balaban J connectivity index is 1.91. The van der Waals surface area contributed by atoms with Gasteiger partial charge in [-0.05, 0) is 43.3 Å². The Hall–Kier alpha value is -2.52. The van der Waals surface area contributed by atoms with Gasteiger partial charge in [-0.3, -0.25) is 4.79 Å². The highest BCUT2D eigenvalue weighted by Gasteiger charge is 2.20. The van der Waals surface area contributed by atoms with Crippen molar-refractivity contribution in [3.8, 4) is 11.3 Å². The number of hydrogen-bond donors (Lipinski definition) is 0. The highest BCUT2D eigenvalue weighted by Crippen LogP contribution is 2.29. The van der Waals surface area contributed by atoms with Crippen LogP contribution in [0.1, 0.15) is 17.5 Å². The Kier molecular flexibility index (Phi) is 4.49. The monoisotopic (exact) mass is 325 g/mol. The van der Waals surface area contributed by atoms with Crippen molar-refractivity contribution in [3.05, 3.63) is 77.5 Å². The Morgan fingerprint density at radius 3 is 2.39 bits per heavy atom. The lowest BCUT2D eigenvalue weighted by Crippen LogP contribution is -2.30. The van der Waals surface area contributed by atoms with Crippen molar-refractivity contribution in [2.24, 2.45) is 0 Å². The van der Waals surface area contributed by atoms with E-state index in [2.05, 4.69) is 0 Å². The van der Waals surface area contributed by atoms with E-state index in [1.807, 2.05) is 55.5 Å². The molecule has 0 radical (unpaired) electrons. The zero-order chi connectivity index (χ0) is 16.2. The maximum Gasteiger partial charge on any atom is 0.293 e. The van der Waals surface area contributed by atoms with Crippen molar-refractivity contribution in [3.63, 3.8) is 0 Å². The normalized spacial score (nSPS) is 10.5. The lowest BCUT2D eigenvalue weighted by molar-refractivity contribution is 0.0962. The number of nitrogens with zero attached hydrogens (tertiary/aromatic N) is 1. The topological polar surface area (TPSA) is 33.5 Å². The molecule has 0 aliphatic carbocycles. The van der Waals surface area contributed by atoms with Crippen molar-refractivity contribution >= 4 is 23.2 Å². The second-order valence-corrected chi connectivity index (χ2v) is 5.44.